The fourth-order valence-corrected chi connectivity index (χ4v) is 8.45. The van der Waals surface area contributed by atoms with E-state index in [-0.39, 0.29) is 11.5 Å². The molecule has 54 heavy (non-hydrogen) atoms. The largest absolute Gasteiger partial charge is 0.493 e. The molecular formula is C42H53N3O8P+. The second-order valence-electron chi connectivity index (χ2n) is 15.7. The molecule has 3 atom stereocenters. The highest BCUT2D eigenvalue weighted by molar-refractivity contribution is 7.46. The Morgan fingerprint density at radius 1 is 1.00 bits per heavy atom. The van der Waals surface area contributed by atoms with Crippen molar-refractivity contribution in [1.82, 2.24) is 5.32 Å². The van der Waals surface area contributed by atoms with Gasteiger partial charge in [0.15, 0.2) is 6.79 Å². The molecule has 11 nitrogen and oxygen atoms in total. The number of hydrogen-bond donors (Lipinski definition) is 5. The van der Waals surface area contributed by atoms with Crippen molar-refractivity contribution in [2.24, 2.45) is 11.7 Å². The molecule has 0 bridgehead atoms. The standard InChI is InChI=1S/C42H52N3O8P/c1-41(2,3)44-26-37(46)31-15-17-39(52-29-53-54(48,49)50)33(25-31)27-45(21-18-30-14-16-38-32(24-30)20-23-51-38)22-19-36(28-45)42(40(43)47,34-10-6-4-7-11-34)35-12-8-5-9-13-35/h4-17,24-25,36-37,44,46H,18-23,26-29H2,1-3H3,(H3-,43,47,48,49,50)/p+1/t36-,37?,45?/m1/s1. The zero-order valence-electron chi connectivity index (χ0n) is 31.3. The van der Waals surface area contributed by atoms with Crippen molar-refractivity contribution >= 4 is 13.7 Å². The molecule has 0 spiro atoms. The topological polar surface area (TPSA) is 161 Å². The summed E-state index contributed by atoms with van der Waals surface area (Å²) in [6.45, 7) is 8.97. The van der Waals surface area contributed by atoms with Gasteiger partial charge in [-0.15, -0.1) is 0 Å². The number of phosphoric acid groups is 1. The quantitative estimate of drug-likeness (QED) is 0.0562. The van der Waals surface area contributed by atoms with Gasteiger partial charge in [0.25, 0.3) is 0 Å². The number of primary amides is 1. The summed E-state index contributed by atoms with van der Waals surface area (Å²) in [6, 6.07) is 31.4. The van der Waals surface area contributed by atoms with Crippen LogP contribution in [0.25, 0.3) is 0 Å². The predicted octanol–water partition coefficient (Wildman–Crippen LogP) is 5.54. The zero-order valence-corrected chi connectivity index (χ0v) is 32.2. The third-order valence-corrected chi connectivity index (χ3v) is 11.3. The highest BCUT2D eigenvalue weighted by atomic mass is 31.2. The van der Waals surface area contributed by atoms with Gasteiger partial charge in [-0.05, 0) is 66.8 Å². The maximum atomic E-state index is 14.0. The molecule has 1 saturated heterocycles. The average molecular weight is 759 g/mol. The highest BCUT2D eigenvalue weighted by Crippen LogP contribution is 2.47. The van der Waals surface area contributed by atoms with E-state index < -0.39 is 32.0 Å². The lowest BCUT2D eigenvalue weighted by Gasteiger charge is -2.40. The molecule has 1 amide bonds. The number of carbonyl (C=O) groups excluding carboxylic acids is 1. The number of aliphatic hydroxyl groups excluding tert-OH is 1. The second-order valence-corrected chi connectivity index (χ2v) is 16.9. The molecule has 4 aromatic carbocycles. The van der Waals surface area contributed by atoms with Crippen LogP contribution < -0.4 is 20.5 Å². The van der Waals surface area contributed by atoms with Crippen molar-refractivity contribution in [1.29, 1.82) is 0 Å². The molecule has 0 aromatic heterocycles. The summed E-state index contributed by atoms with van der Waals surface area (Å²) in [5, 5.41) is 14.7. The van der Waals surface area contributed by atoms with Gasteiger partial charge in [0.05, 0.1) is 32.3 Å². The van der Waals surface area contributed by atoms with E-state index in [2.05, 4.69) is 22.0 Å². The van der Waals surface area contributed by atoms with Gasteiger partial charge in [0.2, 0.25) is 5.91 Å². The second kappa shape index (κ2) is 16.4. The van der Waals surface area contributed by atoms with Gasteiger partial charge in [-0.3, -0.25) is 4.79 Å². The summed E-state index contributed by atoms with van der Waals surface area (Å²) in [6.07, 6.45) is 1.52. The minimum atomic E-state index is -4.79. The van der Waals surface area contributed by atoms with E-state index >= 15 is 0 Å². The number of benzene rings is 4. The minimum Gasteiger partial charge on any atom is -0.493 e. The maximum absolute atomic E-state index is 14.0. The number of phosphoric ester groups is 1. The first-order valence-electron chi connectivity index (χ1n) is 18.6. The Bertz CT molecular complexity index is 1910. The van der Waals surface area contributed by atoms with Crippen molar-refractivity contribution < 1.29 is 42.7 Å². The molecule has 4 aromatic rings. The van der Waals surface area contributed by atoms with Crippen LogP contribution in [0.2, 0.25) is 0 Å². The van der Waals surface area contributed by atoms with Crippen LogP contribution >= 0.6 is 7.82 Å². The molecule has 0 aliphatic carbocycles. The van der Waals surface area contributed by atoms with Gasteiger partial charge in [0.1, 0.15) is 23.5 Å². The number of hydrogen-bond acceptors (Lipinski definition) is 7. The minimum absolute atomic E-state index is 0.166. The Hall–Kier alpha value is -4.06. The predicted molar refractivity (Wildman–Crippen MR) is 207 cm³/mol. The molecule has 6 N–H and O–H groups in total. The number of quaternary nitrogens is 1. The van der Waals surface area contributed by atoms with Crippen LogP contribution in [0.4, 0.5) is 0 Å². The first-order valence-corrected chi connectivity index (χ1v) is 20.1. The maximum Gasteiger partial charge on any atom is 0.472 e. The van der Waals surface area contributed by atoms with Crippen molar-refractivity contribution in [2.75, 3.05) is 39.6 Å². The van der Waals surface area contributed by atoms with Crippen LogP contribution in [0.15, 0.2) is 97.1 Å². The van der Waals surface area contributed by atoms with E-state index in [0.717, 1.165) is 48.4 Å². The third kappa shape index (κ3) is 9.24. The molecule has 0 saturated carbocycles. The number of nitrogens with zero attached hydrogens (tertiary/aromatic N) is 1. The molecule has 2 heterocycles. The third-order valence-electron chi connectivity index (χ3n) is 10.9. The van der Waals surface area contributed by atoms with Gasteiger partial charge in [-0.1, -0.05) is 78.9 Å². The lowest BCUT2D eigenvalue weighted by molar-refractivity contribution is -0.931. The fourth-order valence-electron chi connectivity index (χ4n) is 8.26. The van der Waals surface area contributed by atoms with Crippen LogP contribution in [-0.2, 0) is 38.7 Å². The number of nitrogens with two attached hydrogens (primary N) is 1. The van der Waals surface area contributed by atoms with Gasteiger partial charge in [-0.2, -0.15) is 0 Å². The van der Waals surface area contributed by atoms with E-state index in [1.165, 1.54) is 11.1 Å². The number of aliphatic hydroxyl groups is 1. The van der Waals surface area contributed by atoms with Crippen molar-refractivity contribution in [2.45, 2.75) is 63.6 Å². The molecule has 0 radical (unpaired) electrons. The molecule has 1 fully saturated rings. The monoisotopic (exact) mass is 758 g/mol. The summed E-state index contributed by atoms with van der Waals surface area (Å²) in [4.78, 5) is 32.8. The molecule has 288 valence electrons. The highest BCUT2D eigenvalue weighted by Gasteiger charge is 2.54. The lowest BCUT2D eigenvalue weighted by atomic mass is 9.64. The normalized spacial score (nSPS) is 19.3. The van der Waals surface area contributed by atoms with Crippen LogP contribution in [0.5, 0.6) is 11.5 Å². The smallest absolute Gasteiger partial charge is 0.472 e. The van der Waals surface area contributed by atoms with Gasteiger partial charge >= 0.3 is 7.82 Å². The first-order chi connectivity index (χ1) is 25.7. The number of carbonyl (C=O) groups is 1. The Morgan fingerprint density at radius 3 is 2.31 bits per heavy atom. The number of likely N-dealkylation sites (tertiary alicyclic amines) is 1. The molecule has 12 heteroatoms. The summed E-state index contributed by atoms with van der Waals surface area (Å²) in [7, 11) is -4.79. The summed E-state index contributed by atoms with van der Waals surface area (Å²) >= 11 is 0. The fraction of sp³-hybridized carbons (Fsp3) is 0.405. The van der Waals surface area contributed by atoms with Gasteiger partial charge in [0, 0.05) is 42.8 Å². The SMILES string of the molecule is CC(C)(C)NCC(O)c1ccc(OCOP(=O)(O)O)c(C[N+]2(CCc3ccc4c(c3)CCO4)CC[C@@H](C(C(N)=O)(c3ccccc3)c3ccccc3)C2)c1. The van der Waals surface area contributed by atoms with Gasteiger partial charge < -0.3 is 39.9 Å². The zero-order chi connectivity index (χ0) is 38.6. The first kappa shape index (κ1) is 39.6. The van der Waals surface area contributed by atoms with Crippen molar-refractivity contribution in [3.8, 4) is 11.5 Å². The average Bonchev–Trinajstić information content (AvgIpc) is 3.78. The molecule has 2 unspecified atom stereocenters. The Morgan fingerprint density at radius 2 is 1.69 bits per heavy atom. The Labute approximate surface area is 317 Å². The van der Waals surface area contributed by atoms with E-state index in [9.17, 15) is 24.3 Å². The van der Waals surface area contributed by atoms with E-state index in [1.54, 1.807) is 12.1 Å². The van der Waals surface area contributed by atoms with E-state index in [4.69, 9.17) is 15.2 Å². The van der Waals surface area contributed by atoms with Crippen LogP contribution in [-0.4, -0.2) is 70.4 Å². The molecule has 6 rings (SSSR count). The summed E-state index contributed by atoms with van der Waals surface area (Å²) < 4.78 is 28.5. The Kier molecular flexibility index (Phi) is 12.0. The van der Waals surface area contributed by atoms with E-state index in [1.807, 2.05) is 93.6 Å². The van der Waals surface area contributed by atoms with Crippen molar-refractivity contribution in [3.05, 3.63) is 130 Å². The molecular weight excluding hydrogens is 705 g/mol. The number of ether oxygens (including phenoxy) is 2. The van der Waals surface area contributed by atoms with Crippen molar-refractivity contribution in [3.63, 3.8) is 0 Å². The van der Waals surface area contributed by atoms with Gasteiger partial charge in [-0.25, -0.2) is 9.09 Å². The number of rotatable bonds is 16. The summed E-state index contributed by atoms with van der Waals surface area (Å²) in [5.74, 6) is 0.751. The number of β-amino-alcohol motifs (C(OH)–C–C–N with tert-alkyl or cyclic N) is 1. The molecule has 2 aliphatic rings. The lowest BCUT2D eigenvalue weighted by Crippen LogP contribution is -2.52. The molecule has 2 aliphatic heterocycles. The number of amides is 1. The summed E-state index contributed by atoms with van der Waals surface area (Å²) in [5.41, 5.74) is 10.7. The number of nitrogens with one attached hydrogen (secondary N) is 1. The van der Waals surface area contributed by atoms with Crippen LogP contribution in [0, 0.1) is 5.92 Å². The van der Waals surface area contributed by atoms with Crippen LogP contribution in [0.3, 0.4) is 0 Å². The Balaban J connectivity index is 1.41. The van der Waals surface area contributed by atoms with Crippen LogP contribution in [0.1, 0.15) is 66.7 Å². The number of fused-ring (bicyclic) bond motifs is 1. The van der Waals surface area contributed by atoms with E-state index in [0.29, 0.717) is 48.5 Å².